The summed E-state index contributed by atoms with van der Waals surface area (Å²) in [5, 5.41) is 52.9. The second kappa shape index (κ2) is 29.1. The van der Waals surface area contributed by atoms with E-state index in [4.69, 9.17) is 43.4 Å². The van der Waals surface area contributed by atoms with Gasteiger partial charge in [0, 0.05) is 52.5 Å². The number of rotatable bonds is 23. The zero-order chi connectivity index (χ0) is 48.8. The molecule has 2 aromatic rings. The van der Waals surface area contributed by atoms with Gasteiger partial charge in [-0.15, -0.1) is 18.9 Å². The van der Waals surface area contributed by atoms with Gasteiger partial charge in [0.2, 0.25) is 17.7 Å². The number of nitrogen functional groups attached to an aromatic ring is 1. The molecule has 0 spiro atoms. The van der Waals surface area contributed by atoms with Crippen LogP contribution in [0.2, 0.25) is 0 Å². The molecule has 3 amide bonds. The van der Waals surface area contributed by atoms with E-state index in [1.54, 1.807) is 57.2 Å². The number of hydrogen-bond acceptors (Lipinski definition) is 13. The molecule has 15 nitrogen and oxygen atoms in total. The molecule has 0 bridgehead atoms. The van der Waals surface area contributed by atoms with E-state index in [1.165, 1.54) is 6.92 Å². The van der Waals surface area contributed by atoms with Crippen molar-refractivity contribution in [2.45, 2.75) is 142 Å². The molecule has 2 unspecified atom stereocenters. The predicted molar refractivity (Wildman–Crippen MR) is 258 cm³/mol. The van der Waals surface area contributed by atoms with Gasteiger partial charge in [0.15, 0.2) is 11.6 Å². The second-order valence-electron chi connectivity index (χ2n) is 16.7. The summed E-state index contributed by atoms with van der Waals surface area (Å²) in [6.07, 6.45) is 5.75. The molecule has 0 saturated carbocycles. The lowest BCUT2D eigenvalue weighted by atomic mass is 9.99. The first kappa shape index (κ1) is 59.4. The molecular weight excluding hydrogens is 889 g/mol. The van der Waals surface area contributed by atoms with Crippen LogP contribution in [-0.4, -0.2) is 94.9 Å². The third-order valence-corrected chi connectivity index (χ3v) is 16.4. The third-order valence-electron chi connectivity index (χ3n) is 10.2. The average molecular weight is 959 g/mol. The number of amides is 3. The van der Waals surface area contributed by atoms with Crippen LogP contribution < -0.4 is 21.7 Å². The Morgan fingerprint density at radius 2 is 0.952 bits per heavy atom. The van der Waals surface area contributed by atoms with Crippen molar-refractivity contribution in [2.24, 2.45) is 11.8 Å². The first-order chi connectivity index (χ1) is 29.1. The van der Waals surface area contributed by atoms with Crippen LogP contribution >= 0.6 is 0 Å². The SMILES string of the molecule is C[C@H](CC(=O)[C@H](C)NC(=O)CCC(C)(C)S(C)=S)C(=O)Nc1cc(CO)cc(CO)c1.C[C@H](CC(=O)[C@H](C)NC(=O)CCC(C)(C)S(C)=S)C(=O)O.Nc1cc(CO)cc(CO)c1. The summed E-state index contributed by atoms with van der Waals surface area (Å²) >= 11 is 10.6. The van der Waals surface area contributed by atoms with Crippen LogP contribution in [0.15, 0.2) is 36.4 Å². The number of carboxylic acids is 1. The number of hydrogen-bond donors (Lipinski definition) is 9. The standard InChI is InChI=1S/C22H34N2O5S2.C14H25NO4S2.C8H11NO2/c1-14(21(29)24-18-10-16(12-25)9-17(11-18)13-26)8-19(27)15(2)23-20(28)6-7-22(3,4)31(5)30;1-9(13(18)19)8-11(16)10(2)15-12(17)6-7-14(3,4)21(5)20;9-8-2-6(4-10)1-7(3-8)5-11/h9-11,14-15,25-26H,6-8,12-13H2,1-5H3,(H,23,28)(H,24,29);9-10H,6-8H2,1-5H3,(H,15,17)(H,18,19);1-3,10-11H,4-5,9H2/t14-,15+,31?;9-,10+,21?;/m11./s1. The van der Waals surface area contributed by atoms with Crippen molar-refractivity contribution in [3.63, 3.8) is 0 Å². The maximum Gasteiger partial charge on any atom is 0.306 e. The van der Waals surface area contributed by atoms with Gasteiger partial charge >= 0.3 is 5.97 Å². The highest BCUT2D eigenvalue weighted by molar-refractivity contribution is 8.29. The van der Waals surface area contributed by atoms with E-state index < -0.39 is 29.9 Å². The maximum atomic E-state index is 12.5. The van der Waals surface area contributed by atoms with Crippen LogP contribution in [0, 0.1) is 11.8 Å². The van der Waals surface area contributed by atoms with Crippen molar-refractivity contribution >= 4 is 87.9 Å². The Morgan fingerprint density at radius 3 is 1.27 bits per heavy atom. The summed E-state index contributed by atoms with van der Waals surface area (Å²) in [4.78, 5) is 71.5. The molecule has 19 heteroatoms. The molecule has 0 fully saturated rings. The van der Waals surface area contributed by atoms with Crippen LogP contribution in [0.25, 0.3) is 0 Å². The van der Waals surface area contributed by atoms with E-state index >= 15 is 0 Å². The number of carbonyl (C=O) groups is 6. The first-order valence-electron chi connectivity index (χ1n) is 20.4. The maximum absolute atomic E-state index is 12.5. The van der Waals surface area contributed by atoms with Gasteiger partial charge in [0.25, 0.3) is 0 Å². The number of aliphatic hydroxyl groups excluding tert-OH is 4. The molecule has 2 aromatic carbocycles. The molecule has 0 saturated heterocycles. The summed E-state index contributed by atoms with van der Waals surface area (Å²) in [5.74, 6) is -3.61. The van der Waals surface area contributed by atoms with Crippen molar-refractivity contribution in [1.82, 2.24) is 10.6 Å². The number of carbonyl (C=O) groups excluding carboxylic acids is 5. The molecule has 0 radical (unpaired) electrons. The minimum Gasteiger partial charge on any atom is -0.481 e. The van der Waals surface area contributed by atoms with Crippen molar-refractivity contribution in [2.75, 3.05) is 23.6 Å². The quantitative estimate of drug-likeness (QED) is 0.0721. The van der Waals surface area contributed by atoms with E-state index in [1.807, 2.05) is 40.2 Å². The van der Waals surface area contributed by atoms with Crippen LogP contribution in [-0.2, 0) is 96.5 Å². The molecule has 6 atom stereocenters. The van der Waals surface area contributed by atoms with E-state index in [-0.39, 0.29) is 97.0 Å². The highest BCUT2D eigenvalue weighted by Crippen LogP contribution is 2.21. The fraction of sp³-hybridized carbons (Fsp3) is 0.591. The number of nitrogens with two attached hydrogens (primary N) is 1. The monoisotopic (exact) mass is 958 g/mol. The van der Waals surface area contributed by atoms with E-state index in [0.29, 0.717) is 48.2 Å². The minimum absolute atomic E-state index is 0.0180. The molecule has 356 valence electrons. The van der Waals surface area contributed by atoms with Crippen LogP contribution in [0.4, 0.5) is 11.4 Å². The molecular formula is C44H70N4O11S4. The second-order valence-corrected chi connectivity index (χ2v) is 23.8. The molecule has 0 aliphatic heterocycles. The number of anilines is 2. The summed E-state index contributed by atoms with van der Waals surface area (Å²) in [6.45, 7) is 13.9. The van der Waals surface area contributed by atoms with Crippen molar-refractivity contribution in [3.05, 3.63) is 58.7 Å². The third kappa shape index (κ3) is 23.8. The highest BCUT2D eigenvalue weighted by Gasteiger charge is 2.26. The highest BCUT2D eigenvalue weighted by atomic mass is 32.8. The van der Waals surface area contributed by atoms with Gasteiger partial charge < -0.3 is 47.2 Å². The Balaban J connectivity index is 0.00000103. The number of carboxylic acid groups (broad SMARTS) is 1. The van der Waals surface area contributed by atoms with E-state index in [0.717, 1.165) is 11.1 Å². The Labute approximate surface area is 387 Å². The summed E-state index contributed by atoms with van der Waals surface area (Å²) in [7, 11) is -0.440. The van der Waals surface area contributed by atoms with Gasteiger partial charge in [0.1, 0.15) is 0 Å². The lowest BCUT2D eigenvalue weighted by Crippen LogP contribution is -2.40. The van der Waals surface area contributed by atoms with E-state index in [2.05, 4.69) is 16.0 Å². The van der Waals surface area contributed by atoms with Crippen LogP contribution in [0.3, 0.4) is 0 Å². The van der Waals surface area contributed by atoms with Gasteiger partial charge in [0.05, 0.1) is 44.4 Å². The normalized spacial score (nSPS) is 14.1. The smallest absolute Gasteiger partial charge is 0.306 e. The Hall–Kier alpha value is -3.56. The van der Waals surface area contributed by atoms with E-state index in [9.17, 15) is 39.0 Å². The van der Waals surface area contributed by atoms with Crippen molar-refractivity contribution in [1.29, 1.82) is 0 Å². The number of benzene rings is 2. The Bertz CT molecular complexity index is 1860. The average Bonchev–Trinajstić information content (AvgIpc) is 3.21. The minimum atomic E-state index is -1.01. The summed E-state index contributed by atoms with van der Waals surface area (Å²) < 4.78 is -0.201. The molecule has 2 rings (SSSR count). The number of ketones is 2. The summed E-state index contributed by atoms with van der Waals surface area (Å²) in [5.41, 5.74) is 9.10. The van der Waals surface area contributed by atoms with Crippen LogP contribution in [0.5, 0.6) is 0 Å². The zero-order valence-electron chi connectivity index (χ0n) is 38.2. The molecule has 10 N–H and O–H groups in total. The lowest BCUT2D eigenvalue weighted by Gasteiger charge is -2.24. The number of nitrogens with one attached hydrogen (secondary N) is 3. The fourth-order valence-corrected chi connectivity index (χ4v) is 6.58. The first-order valence-corrected chi connectivity index (χ1v) is 25.5. The number of Topliss-reactive ketones (excluding diaryl/α,β-unsaturated/α-hetero) is 2. The largest absolute Gasteiger partial charge is 0.481 e. The Kier molecular flexibility index (Phi) is 27.4. The molecule has 0 aliphatic carbocycles. The van der Waals surface area contributed by atoms with Gasteiger partial charge in [-0.1, -0.05) is 76.1 Å². The van der Waals surface area contributed by atoms with Gasteiger partial charge in [-0.2, -0.15) is 0 Å². The van der Waals surface area contributed by atoms with Gasteiger partial charge in [-0.25, -0.2) is 0 Å². The fourth-order valence-electron chi connectivity index (χ4n) is 5.30. The van der Waals surface area contributed by atoms with Crippen molar-refractivity contribution in [3.8, 4) is 0 Å². The number of aliphatic carboxylic acids is 1. The topological polar surface area (TPSA) is 266 Å². The predicted octanol–water partition coefficient (Wildman–Crippen LogP) is 3.67. The number of aliphatic hydroxyl groups is 4. The lowest BCUT2D eigenvalue weighted by molar-refractivity contribution is -0.143. The summed E-state index contributed by atoms with van der Waals surface area (Å²) in [6, 6.07) is 8.60. The van der Waals surface area contributed by atoms with Gasteiger partial charge in [-0.05, 0) is 85.7 Å². The van der Waals surface area contributed by atoms with Crippen LogP contribution in [0.1, 0.15) is 116 Å². The van der Waals surface area contributed by atoms with Gasteiger partial charge in [-0.3, -0.25) is 28.8 Å². The molecule has 63 heavy (non-hydrogen) atoms. The van der Waals surface area contributed by atoms with Crippen molar-refractivity contribution < 1.29 is 54.3 Å². The molecule has 0 heterocycles. The molecule has 0 aliphatic rings. The Morgan fingerprint density at radius 1 is 0.619 bits per heavy atom. The molecule has 0 aromatic heterocycles. The zero-order valence-corrected chi connectivity index (χ0v) is 41.5.